The van der Waals surface area contributed by atoms with Crippen molar-refractivity contribution in [2.75, 3.05) is 13.2 Å². The Bertz CT molecular complexity index is 948. The fourth-order valence-electron chi connectivity index (χ4n) is 3.85. The molecule has 1 aliphatic rings. The van der Waals surface area contributed by atoms with Gasteiger partial charge in [0.2, 0.25) is 0 Å². The monoisotopic (exact) mass is 490 g/mol. The molecule has 1 saturated heterocycles. The molecule has 3 rings (SSSR count). The highest BCUT2D eigenvalue weighted by Gasteiger charge is 2.29. The highest BCUT2D eigenvalue weighted by molar-refractivity contribution is 7.81. The van der Waals surface area contributed by atoms with Gasteiger partial charge in [-0.3, -0.25) is 0 Å². The van der Waals surface area contributed by atoms with Crippen LogP contribution in [0.25, 0.3) is 0 Å². The Balaban J connectivity index is 1.28. The van der Waals surface area contributed by atoms with Gasteiger partial charge in [-0.1, -0.05) is 48.5 Å². The molecule has 0 bridgehead atoms. The molecule has 2 aromatic rings. The Labute approximate surface area is 202 Å². The molecule has 0 N–H and O–H groups in total. The summed E-state index contributed by atoms with van der Waals surface area (Å²) in [6.07, 6.45) is 4.73. The van der Waals surface area contributed by atoms with E-state index in [9.17, 15) is 13.2 Å². The van der Waals surface area contributed by atoms with Crippen LogP contribution in [-0.4, -0.2) is 39.8 Å². The van der Waals surface area contributed by atoms with Gasteiger partial charge in [0.25, 0.3) is 0 Å². The van der Waals surface area contributed by atoms with Crippen molar-refractivity contribution in [2.45, 2.75) is 70.2 Å². The lowest BCUT2D eigenvalue weighted by atomic mass is 10.0. The largest absolute Gasteiger partial charge is 0.462 e. The minimum atomic E-state index is -4.01. The van der Waals surface area contributed by atoms with E-state index >= 15 is 0 Å². The van der Waals surface area contributed by atoms with Crippen molar-refractivity contribution in [1.82, 2.24) is 0 Å². The van der Waals surface area contributed by atoms with Crippen LogP contribution in [0.2, 0.25) is 0 Å². The van der Waals surface area contributed by atoms with Crippen molar-refractivity contribution >= 4 is 16.4 Å². The molecule has 0 radical (unpaired) electrons. The van der Waals surface area contributed by atoms with Crippen molar-refractivity contribution in [3.05, 3.63) is 71.8 Å². The molecule has 0 aliphatic carbocycles. The summed E-state index contributed by atoms with van der Waals surface area (Å²) >= 11 is 0. The molecule has 1 fully saturated rings. The second-order valence-corrected chi connectivity index (χ2v) is 9.66. The first-order chi connectivity index (χ1) is 16.5. The average Bonchev–Trinajstić information content (AvgIpc) is 2.99. The van der Waals surface area contributed by atoms with Gasteiger partial charge in [-0.25, -0.2) is 13.2 Å². The number of ether oxygens (including phenoxy) is 2. The fourth-order valence-corrected chi connectivity index (χ4v) is 4.94. The zero-order valence-corrected chi connectivity index (χ0v) is 20.3. The number of benzene rings is 2. The third-order valence-electron chi connectivity index (χ3n) is 5.66. The molecule has 34 heavy (non-hydrogen) atoms. The quantitative estimate of drug-likeness (QED) is 0.281. The first-order valence-corrected chi connectivity index (χ1v) is 13.3. The highest BCUT2D eigenvalue weighted by Crippen LogP contribution is 2.25. The lowest BCUT2D eigenvalue weighted by Crippen LogP contribution is -2.19. The van der Waals surface area contributed by atoms with Crippen molar-refractivity contribution in [2.24, 2.45) is 0 Å². The van der Waals surface area contributed by atoms with E-state index in [0.717, 1.165) is 18.4 Å². The number of carbonyl (C=O) groups excluding carboxylic acids is 1. The van der Waals surface area contributed by atoms with E-state index in [1.165, 1.54) is 0 Å². The topological polar surface area (TPSA) is 88.1 Å². The van der Waals surface area contributed by atoms with E-state index in [1.807, 2.05) is 36.4 Å². The molecule has 0 unspecified atom stereocenters. The van der Waals surface area contributed by atoms with Crippen molar-refractivity contribution < 1.29 is 31.1 Å². The zero-order valence-electron chi connectivity index (χ0n) is 19.5. The lowest BCUT2D eigenvalue weighted by molar-refractivity contribution is 0.0494. The summed E-state index contributed by atoms with van der Waals surface area (Å²) in [6, 6.07) is 18.8. The molecule has 2 atom stereocenters. The van der Waals surface area contributed by atoms with Gasteiger partial charge in [0.15, 0.2) is 0 Å². The van der Waals surface area contributed by atoms with E-state index in [0.29, 0.717) is 63.9 Å². The van der Waals surface area contributed by atoms with Gasteiger partial charge in [-0.15, -0.1) is 0 Å². The van der Waals surface area contributed by atoms with Crippen molar-refractivity contribution in [3.8, 4) is 0 Å². The third-order valence-corrected chi connectivity index (χ3v) is 6.67. The van der Waals surface area contributed by atoms with Gasteiger partial charge in [-0.2, -0.15) is 8.42 Å². The normalized spacial score (nSPS) is 19.9. The molecule has 1 aliphatic heterocycles. The van der Waals surface area contributed by atoms with Crippen molar-refractivity contribution in [3.63, 3.8) is 0 Å². The molecule has 8 heteroatoms. The Morgan fingerprint density at radius 1 is 0.794 bits per heavy atom. The summed E-state index contributed by atoms with van der Waals surface area (Å²) in [7, 11) is -4.01. The van der Waals surface area contributed by atoms with Gasteiger partial charge >= 0.3 is 16.4 Å². The van der Waals surface area contributed by atoms with Crippen LogP contribution >= 0.6 is 0 Å². The second-order valence-electron chi connectivity index (χ2n) is 8.45. The maximum Gasteiger partial charge on any atom is 0.400 e. The standard InChI is InChI=1S/C26H34O7S/c27-26(23-13-5-2-6-14-23)31-20-10-8-16-25-18-17-24(32-34(28,29)33-25)15-7-9-19-30-21-22-11-3-1-4-12-22/h1-6,11-14,24-25H,7-10,15-21H2/t24-,25-/m0/s1. The Morgan fingerprint density at radius 2 is 1.35 bits per heavy atom. The lowest BCUT2D eigenvalue weighted by Gasteiger charge is -2.12. The first kappa shape index (κ1) is 26.3. The number of carbonyl (C=O) groups is 1. The number of esters is 1. The van der Waals surface area contributed by atoms with E-state index in [1.54, 1.807) is 24.3 Å². The van der Waals surface area contributed by atoms with Crippen LogP contribution < -0.4 is 0 Å². The van der Waals surface area contributed by atoms with E-state index < -0.39 is 16.5 Å². The average molecular weight is 491 g/mol. The maximum atomic E-state index is 12.2. The minimum Gasteiger partial charge on any atom is -0.462 e. The summed E-state index contributed by atoms with van der Waals surface area (Å²) in [5.74, 6) is -0.351. The van der Waals surface area contributed by atoms with Crippen LogP contribution in [0.3, 0.4) is 0 Å². The van der Waals surface area contributed by atoms with Crippen LogP contribution in [0.15, 0.2) is 60.7 Å². The predicted molar refractivity (Wildman–Crippen MR) is 128 cm³/mol. The summed E-state index contributed by atoms with van der Waals surface area (Å²) in [6.45, 7) is 1.50. The maximum absolute atomic E-state index is 12.2. The number of hydrogen-bond acceptors (Lipinski definition) is 7. The second kappa shape index (κ2) is 14.2. The molecule has 7 nitrogen and oxygen atoms in total. The van der Waals surface area contributed by atoms with E-state index in [4.69, 9.17) is 17.8 Å². The van der Waals surface area contributed by atoms with Gasteiger partial charge < -0.3 is 9.47 Å². The van der Waals surface area contributed by atoms with Gasteiger partial charge in [0.05, 0.1) is 31.0 Å². The smallest absolute Gasteiger partial charge is 0.400 e. The molecule has 0 aromatic heterocycles. The summed E-state index contributed by atoms with van der Waals surface area (Å²) < 4.78 is 45.8. The molecule has 0 amide bonds. The van der Waals surface area contributed by atoms with E-state index in [2.05, 4.69) is 0 Å². The Hall–Kier alpha value is -2.26. The Morgan fingerprint density at radius 3 is 1.97 bits per heavy atom. The van der Waals surface area contributed by atoms with Gasteiger partial charge in [0, 0.05) is 6.61 Å². The molecule has 0 saturated carbocycles. The molecule has 186 valence electrons. The van der Waals surface area contributed by atoms with Crippen LogP contribution in [0.4, 0.5) is 0 Å². The van der Waals surface area contributed by atoms with E-state index in [-0.39, 0.29) is 12.1 Å². The fraction of sp³-hybridized carbons (Fsp3) is 0.500. The third kappa shape index (κ3) is 9.93. The van der Waals surface area contributed by atoms with Crippen LogP contribution in [0.1, 0.15) is 67.3 Å². The minimum absolute atomic E-state index is 0.290. The number of hydrogen-bond donors (Lipinski definition) is 0. The SMILES string of the molecule is O=C(OCCCC[C@H]1CC[C@H](CCCCOCc2ccccc2)OS(=O)(=O)O1)c1ccccc1. The molecular formula is C26H34O7S. The van der Waals surface area contributed by atoms with Crippen LogP contribution in [0.5, 0.6) is 0 Å². The van der Waals surface area contributed by atoms with Crippen molar-refractivity contribution in [1.29, 1.82) is 0 Å². The summed E-state index contributed by atoms with van der Waals surface area (Å²) in [5.41, 5.74) is 1.66. The molecular weight excluding hydrogens is 456 g/mol. The van der Waals surface area contributed by atoms with Gasteiger partial charge in [0.1, 0.15) is 0 Å². The summed E-state index contributed by atoms with van der Waals surface area (Å²) in [4.78, 5) is 11.9. The molecule has 1 heterocycles. The molecule has 0 spiro atoms. The number of unbranched alkanes of at least 4 members (excludes halogenated alkanes) is 2. The first-order valence-electron chi connectivity index (χ1n) is 12.0. The van der Waals surface area contributed by atoms with Crippen LogP contribution in [-0.2, 0) is 34.8 Å². The number of rotatable bonds is 13. The highest BCUT2D eigenvalue weighted by atomic mass is 32.3. The molecule has 2 aromatic carbocycles. The zero-order chi connectivity index (χ0) is 24.1. The van der Waals surface area contributed by atoms with Gasteiger partial charge in [-0.05, 0) is 69.1 Å². The predicted octanol–water partition coefficient (Wildman–Crippen LogP) is 5.21. The Kier molecular flexibility index (Phi) is 11.0. The summed E-state index contributed by atoms with van der Waals surface area (Å²) in [5, 5.41) is 0. The van der Waals surface area contributed by atoms with Crippen LogP contribution in [0, 0.1) is 0 Å².